The molecule has 0 unspecified atom stereocenters. The van der Waals surface area contributed by atoms with E-state index < -0.39 is 6.04 Å². The molecule has 122 valence electrons. The predicted octanol–water partition coefficient (Wildman–Crippen LogP) is 0.897. The van der Waals surface area contributed by atoms with Crippen LogP contribution >= 0.6 is 0 Å². The smallest absolute Gasteiger partial charge is 0.260 e. The summed E-state index contributed by atoms with van der Waals surface area (Å²) in [6, 6.07) is 0.992. The molecule has 1 aliphatic heterocycles. The first-order valence-corrected chi connectivity index (χ1v) is 7.37. The van der Waals surface area contributed by atoms with Crippen molar-refractivity contribution in [3.63, 3.8) is 0 Å². The van der Waals surface area contributed by atoms with Crippen LogP contribution in [-0.2, 0) is 4.74 Å². The van der Waals surface area contributed by atoms with Crippen LogP contribution in [0.3, 0.4) is 0 Å². The molecule has 0 saturated carbocycles. The van der Waals surface area contributed by atoms with Gasteiger partial charge in [-0.2, -0.15) is 0 Å². The summed E-state index contributed by atoms with van der Waals surface area (Å²) in [5.41, 5.74) is 1.28. The zero-order valence-electron chi connectivity index (χ0n) is 13.3. The largest absolute Gasteiger partial charge is 0.377 e. The first kappa shape index (κ1) is 15.4. The predicted molar refractivity (Wildman–Crippen MR) is 80.2 cm³/mol. The molecule has 1 N–H and O–H groups in total. The molecule has 0 bridgehead atoms. The number of aromatic nitrogens is 3. The van der Waals surface area contributed by atoms with E-state index in [9.17, 15) is 9.59 Å². The van der Waals surface area contributed by atoms with Gasteiger partial charge in [0, 0.05) is 12.6 Å². The fraction of sp³-hybridized carbons (Fsp3) is 0.467. The van der Waals surface area contributed by atoms with Crippen molar-refractivity contribution in [3.8, 4) is 0 Å². The number of carbonyl (C=O) groups excluding carboxylic acids is 1. The van der Waals surface area contributed by atoms with Crippen molar-refractivity contribution in [1.82, 2.24) is 20.0 Å². The quantitative estimate of drug-likeness (QED) is 0.882. The highest BCUT2D eigenvalue weighted by Gasteiger charge is 2.33. The van der Waals surface area contributed by atoms with E-state index in [2.05, 4.69) is 15.1 Å². The van der Waals surface area contributed by atoms with E-state index >= 15 is 0 Å². The lowest BCUT2D eigenvalue weighted by Crippen LogP contribution is -2.44. The van der Waals surface area contributed by atoms with E-state index in [0.717, 1.165) is 0 Å². The van der Waals surface area contributed by atoms with E-state index in [0.29, 0.717) is 48.3 Å². The highest BCUT2D eigenvalue weighted by Crippen LogP contribution is 2.26. The molecule has 0 aromatic carbocycles. The van der Waals surface area contributed by atoms with E-state index in [1.165, 1.54) is 6.07 Å². The number of aryl methyl sites for hydroxylation is 3. The van der Waals surface area contributed by atoms with Gasteiger partial charge in [0.25, 0.3) is 11.5 Å². The zero-order valence-corrected chi connectivity index (χ0v) is 13.3. The molecule has 1 atom stereocenters. The molecule has 3 heterocycles. The number of hydrogen-bond donors (Lipinski definition) is 1. The summed E-state index contributed by atoms with van der Waals surface area (Å²) < 4.78 is 10.6. The number of hydrogen-bond acceptors (Lipinski definition) is 6. The number of carbonyl (C=O) groups is 1. The topological polar surface area (TPSA) is 101 Å². The first-order valence-electron chi connectivity index (χ1n) is 7.37. The van der Waals surface area contributed by atoms with Crippen LogP contribution in [0.1, 0.15) is 39.4 Å². The van der Waals surface area contributed by atoms with Crippen LogP contribution in [0.2, 0.25) is 0 Å². The summed E-state index contributed by atoms with van der Waals surface area (Å²) in [7, 11) is 0. The minimum absolute atomic E-state index is 0.186. The standard InChI is InChI=1S/C15H18N4O4/c1-8-14(9(2)23-18-8)15(21)19-4-5-22-7-12(19)11-6-13(20)17-10(3)16-11/h6,12H,4-5,7H2,1-3H3,(H,16,17,20)/t12-/m1/s1. The second-order valence-electron chi connectivity index (χ2n) is 5.54. The van der Waals surface area contributed by atoms with Crippen molar-refractivity contribution in [2.75, 3.05) is 19.8 Å². The maximum atomic E-state index is 12.9. The van der Waals surface area contributed by atoms with E-state index in [1.807, 2.05) is 0 Å². The lowest BCUT2D eigenvalue weighted by molar-refractivity contribution is -0.00413. The summed E-state index contributed by atoms with van der Waals surface area (Å²) in [6.45, 7) is 6.29. The second-order valence-corrected chi connectivity index (χ2v) is 5.54. The van der Waals surface area contributed by atoms with Gasteiger partial charge in [-0.15, -0.1) is 0 Å². The van der Waals surface area contributed by atoms with Gasteiger partial charge in [0.15, 0.2) is 0 Å². The summed E-state index contributed by atoms with van der Waals surface area (Å²) in [4.78, 5) is 33.2. The average molecular weight is 318 g/mol. The normalized spacial score (nSPS) is 18.2. The molecule has 1 saturated heterocycles. The third-order valence-electron chi connectivity index (χ3n) is 3.86. The molecule has 0 spiro atoms. The monoisotopic (exact) mass is 318 g/mol. The van der Waals surface area contributed by atoms with Crippen molar-refractivity contribution < 1.29 is 14.1 Å². The SMILES string of the molecule is Cc1nc([C@H]2COCCN2C(=O)c2c(C)noc2C)cc(=O)[nH]1. The number of nitrogens with zero attached hydrogens (tertiary/aromatic N) is 3. The fourth-order valence-corrected chi connectivity index (χ4v) is 2.80. The molecule has 0 radical (unpaired) electrons. The zero-order chi connectivity index (χ0) is 16.6. The van der Waals surface area contributed by atoms with Crippen LogP contribution in [0.4, 0.5) is 0 Å². The molecule has 8 nitrogen and oxygen atoms in total. The molecule has 1 amide bonds. The molecule has 3 rings (SSSR count). The van der Waals surface area contributed by atoms with E-state index in [-0.39, 0.29) is 11.5 Å². The first-order chi connectivity index (χ1) is 11.0. The number of aromatic amines is 1. The van der Waals surface area contributed by atoms with Crippen molar-refractivity contribution in [1.29, 1.82) is 0 Å². The van der Waals surface area contributed by atoms with Crippen LogP contribution in [-0.4, -0.2) is 45.7 Å². The van der Waals surface area contributed by atoms with Gasteiger partial charge in [0.2, 0.25) is 0 Å². The number of nitrogens with one attached hydrogen (secondary N) is 1. The van der Waals surface area contributed by atoms with Gasteiger partial charge in [0.05, 0.1) is 30.6 Å². The Balaban J connectivity index is 1.99. The molecule has 0 aliphatic carbocycles. The minimum atomic E-state index is -0.411. The van der Waals surface area contributed by atoms with E-state index in [4.69, 9.17) is 9.26 Å². The van der Waals surface area contributed by atoms with Crippen LogP contribution in [0.25, 0.3) is 0 Å². The summed E-state index contributed by atoms with van der Waals surface area (Å²) in [6.07, 6.45) is 0. The number of rotatable bonds is 2. The molecule has 1 fully saturated rings. The van der Waals surface area contributed by atoms with Gasteiger partial charge < -0.3 is 19.1 Å². The van der Waals surface area contributed by atoms with Crippen LogP contribution in [0.5, 0.6) is 0 Å². The van der Waals surface area contributed by atoms with Crippen LogP contribution in [0.15, 0.2) is 15.4 Å². The highest BCUT2D eigenvalue weighted by atomic mass is 16.5. The van der Waals surface area contributed by atoms with Crippen molar-refractivity contribution >= 4 is 5.91 Å². The van der Waals surface area contributed by atoms with Gasteiger partial charge in [-0.05, 0) is 20.8 Å². The number of H-pyrrole nitrogens is 1. The Morgan fingerprint density at radius 2 is 2.17 bits per heavy atom. The number of ether oxygens (including phenoxy) is 1. The molecule has 23 heavy (non-hydrogen) atoms. The van der Waals surface area contributed by atoms with Gasteiger partial charge >= 0.3 is 0 Å². The van der Waals surface area contributed by atoms with Crippen LogP contribution in [0, 0.1) is 20.8 Å². The summed E-state index contributed by atoms with van der Waals surface area (Å²) in [5, 5.41) is 3.83. The third-order valence-corrected chi connectivity index (χ3v) is 3.86. The summed E-state index contributed by atoms with van der Waals surface area (Å²) >= 11 is 0. The molecule has 2 aromatic heterocycles. The molecule has 2 aromatic rings. The van der Waals surface area contributed by atoms with Gasteiger partial charge in [0.1, 0.15) is 17.1 Å². The Bertz CT molecular complexity index is 776. The summed E-state index contributed by atoms with van der Waals surface area (Å²) in [5.74, 6) is 0.796. The Kier molecular flexibility index (Phi) is 3.99. The average Bonchev–Trinajstić information content (AvgIpc) is 2.84. The Labute approximate surface area is 132 Å². The van der Waals surface area contributed by atoms with Crippen molar-refractivity contribution in [3.05, 3.63) is 45.0 Å². The Morgan fingerprint density at radius 1 is 1.39 bits per heavy atom. The van der Waals surface area contributed by atoms with Crippen LogP contribution < -0.4 is 5.56 Å². The number of morpholine rings is 1. The fourth-order valence-electron chi connectivity index (χ4n) is 2.80. The number of amides is 1. The highest BCUT2D eigenvalue weighted by molar-refractivity contribution is 5.96. The third kappa shape index (κ3) is 2.89. The Morgan fingerprint density at radius 3 is 2.83 bits per heavy atom. The molecule has 1 aliphatic rings. The van der Waals surface area contributed by atoms with Crippen molar-refractivity contribution in [2.45, 2.75) is 26.8 Å². The molecular formula is C15H18N4O4. The Hall–Kier alpha value is -2.48. The minimum Gasteiger partial charge on any atom is -0.377 e. The van der Waals surface area contributed by atoms with Gasteiger partial charge in [-0.3, -0.25) is 9.59 Å². The molecule has 8 heteroatoms. The maximum absolute atomic E-state index is 12.9. The molecular weight excluding hydrogens is 300 g/mol. The lowest BCUT2D eigenvalue weighted by atomic mass is 10.1. The second kappa shape index (κ2) is 5.96. The van der Waals surface area contributed by atoms with Gasteiger partial charge in [-0.25, -0.2) is 4.98 Å². The maximum Gasteiger partial charge on any atom is 0.260 e. The van der Waals surface area contributed by atoms with Crippen molar-refractivity contribution in [2.24, 2.45) is 0 Å². The van der Waals surface area contributed by atoms with Gasteiger partial charge in [-0.1, -0.05) is 5.16 Å². The van der Waals surface area contributed by atoms with E-state index in [1.54, 1.807) is 25.7 Å². The lowest BCUT2D eigenvalue weighted by Gasteiger charge is -2.35.